The van der Waals surface area contributed by atoms with Crippen molar-refractivity contribution in [3.8, 4) is 0 Å². The van der Waals surface area contributed by atoms with E-state index in [1.807, 2.05) is 22.8 Å². The van der Waals surface area contributed by atoms with E-state index in [-0.39, 0.29) is 36.7 Å². The first-order valence-corrected chi connectivity index (χ1v) is 17.2. The fourth-order valence-corrected chi connectivity index (χ4v) is 8.69. The summed E-state index contributed by atoms with van der Waals surface area (Å²) in [5.74, 6) is -0.137. The number of esters is 1. The van der Waals surface area contributed by atoms with Gasteiger partial charge in [0.1, 0.15) is 5.41 Å². The molecule has 2 amide bonds. The average molecular weight is 603 g/mol. The smallest absolute Gasteiger partial charge is 0.320 e. The van der Waals surface area contributed by atoms with Crippen molar-refractivity contribution < 1.29 is 23.9 Å². The first kappa shape index (κ1) is 31.1. The molecule has 3 fully saturated rings. The van der Waals surface area contributed by atoms with Gasteiger partial charge in [-0.2, -0.15) is 0 Å². The molecule has 0 aromatic heterocycles. The molecule has 7 nitrogen and oxygen atoms in total. The van der Waals surface area contributed by atoms with Gasteiger partial charge in [-0.25, -0.2) is 0 Å². The summed E-state index contributed by atoms with van der Waals surface area (Å²) >= 11 is 0. The molecule has 7 heteroatoms. The first-order valence-electron chi connectivity index (χ1n) is 17.2. The monoisotopic (exact) mass is 602 g/mol. The number of piperidine rings is 2. The number of carbonyl (C=O) groups is 3. The van der Waals surface area contributed by atoms with Crippen LogP contribution in [0.3, 0.4) is 0 Å². The van der Waals surface area contributed by atoms with Crippen LogP contribution in [-0.2, 0) is 23.9 Å². The molecule has 2 saturated heterocycles. The third-order valence-electron chi connectivity index (χ3n) is 11.3. The number of hydrogen-bond acceptors (Lipinski definition) is 5. The highest BCUT2D eigenvalue weighted by molar-refractivity contribution is 5.92. The van der Waals surface area contributed by atoms with Crippen LogP contribution in [0.1, 0.15) is 102 Å². The second-order valence-corrected chi connectivity index (χ2v) is 13.8. The highest BCUT2D eigenvalue weighted by Gasteiger charge is 2.60. The van der Waals surface area contributed by atoms with Crippen LogP contribution in [-0.4, -0.2) is 66.5 Å². The summed E-state index contributed by atoms with van der Waals surface area (Å²) in [6.07, 6.45) is 16.0. The van der Waals surface area contributed by atoms with Gasteiger partial charge in [-0.15, -0.1) is 0 Å². The maximum atomic E-state index is 14.4. The topological polar surface area (TPSA) is 76.2 Å². The van der Waals surface area contributed by atoms with Gasteiger partial charge >= 0.3 is 5.97 Å². The second kappa shape index (κ2) is 13.6. The van der Waals surface area contributed by atoms with E-state index in [4.69, 9.17) is 9.47 Å². The van der Waals surface area contributed by atoms with Crippen molar-refractivity contribution in [3.05, 3.63) is 59.3 Å². The molecule has 0 spiro atoms. The molecule has 4 atom stereocenters. The lowest BCUT2D eigenvalue weighted by Crippen LogP contribution is -2.61. The number of allylic oxidation sites excluding steroid dienone is 1. The molecule has 0 bridgehead atoms. The van der Waals surface area contributed by atoms with Gasteiger partial charge in [-0.1, -0.05) is 54.8 Å². The van der Waals surface area contributed by atoms with E-state index in [0.29, 0.717) is 31.5 Å². The van der Waals surface area contributed by atoms with E-state index in [1.165, 1.54) is 43.9 Å². The van der Waals surface area contributed by atoms with Crippen molar-refractivity contribution >= 4 is 17.8 Å². The first-order chi connectivity index (χ1) is 21.4. The molecule has 5 aliphatic rings. The predicted molar refractivity (Wildman–Crippen MR) is 169 cm³/mol. The quantitative estimate of drug-likeness (QED) is 0.249. The highest BCUT2D eigenvalue weighted by Crippen LogP contribution is 2.52. The van der Waals surface area contributed by atoms with E-state index in [1.54, 1.807) is 0 Å². The van der Waals surface area contributed by atoms with E-state index < -0.39 is 17.4 Å². The summed E-state index contributed by atoms with van der Waals surface area (Å²) in [6.45, 7) is 3.86. The van der Waals surface area contributed by atoms with Gasteiger partial charge in [0.15, 0.2) is 0 Å². The average Bonchev–Trinajstić information content (AvgIpc) is 3.61. The third-order valence-corrected chi connectivity index (χ3v) is 11.3. The Labute approximate surface area is 263 Å². The predicted octanol–water partition coefficient (Wildman–Crippen LogP) is 6.54. The van der Waals surface area contributed by atoms with Crippen molar-refractivity contribution in [2.24, 2.45) is 17.3 Å². The minimum atomic E-state index is -1.11. The summed E-state index contributed by atoms with van der Waals surface area (Å²) in [7, 11) is 1.43. The lowest BCUT2D eigenvalue weighted by Gasteiger charge is -2.52. The number of amides is 2. The van der Waals surface area contributed by atoms with Gasteiger partial charge < -0.3 is 19.3 Å². The molecule has 1 saturated carbocycles. The Morgan fingerprint density at radius 2 is 1.77 bits per heavy atom. The molecule has 3 aliphatic heterocycles. The fraction of sp³-hybridized carbons (Fsp3) is 0.649. The Bertz CT molecular complexity index is 1260. The Kier molecular flexibility index (Phi) is 9.60. The number of carbonyl (C=O) groups excluding carboxylic acids is 3. The summed E-state index contributed by atoms with van der Waals surface area (Å²) in [6, 6.07) is 10.5. The highest BCUT2D eigenvalue weighted by atomic mass is 16.5. The number of rotatable bonds is 8. The standard InChI is InChI=1S/C37H50N2O5/c1-26-37(36(42)43-2)25-31(23-34(40)38-20-18-29(19-21-38)28-13-7-4-8-14-28)35(41)39(22-17-27-11-5-3-6-12-27)33(37)24-32(44-26)30-15-9-10-16-30/h4,7-8,11,13-14,24,26,29-32H,3,5-6,9-10,12,15-23,25H2,1-2H3/t26-,31+,32-,37+/m1/s1. The van der Waals surface area contributed by atoms with Gasteiger partial charge in [0, 0.05) is 37.7 Å². The van der Waals surface area contributed by atoms with Gasteiger partial charge in [-0.05, 0) is 94.6 Å². The third kappa shape index (κ3) is 6.14. The van der Waals surface area contributed by atoms with Gasteiger partial charge in [-0.3, -0.25) is 14.4 Å². The SMILES string of the molecule is COC(=O)[C@]12C[C@H](CC(=O)N3CCC(c4ccccc4)CC3)C(=O)N(CCC3=CCCCC3)C1=C[C@H](C1CCCC1)O[C@@H]2C. The Balaban J connectivity index is 1.25. The lowest BCUT2D eigenvalue weighted by molar-refractivity contribution is -0.178. The molecule has 1 aromatic rings. The molecule has 0 unspecified atom stereocenters. The molecule has 44 heavy (non-hydrogen) atoms. The van der Waals surface area contributed by atoms with Gasteiger partial charge in [0.05, 0.1) is 19.3 Å². The maximum absolute atomic E-state index is 14.4. The van der Waals surface area contributed by atoms with Gasteiger partial charge in [0.25, 0.3) is 0 Å². The normalized spacial score (nSPS) is 30.0. The summed E-state index contributed by atoms with van der Waals surface area (Å²) < 4.78 is 12.1. The lowest BCUT2D eigenvalue weighted by atomic mass is 9.66. The Hall–Kier alpha value is -2.93. The molecule has 1 aromatic carbocycles. The van der Waals surface area contributed by atoms with Crippen LogP contribution in [0.5, 0.6) is 0 Å². The van der Waals surface area contributed by atoms with Crippen LogP contribution < -0.4 is 0 Å². The van der Waals surface area contributed by atoms with E-state index >= 15 is 0 Å². The molecule has 238 valence electrons. The molecule has 3 heterocycles. The molecule has 2 aliphatic carbocycles. The van der Waals surface area contributed by atoms with Crippen LogP contribution in [0.4, 0.5) is 0 Å². The summed E-state index contributed by atoms with van der Waals surface area (Å²) in [5.41, 5.74) is 2.37. The number of benzene rings is 1. The maximum Gasteiger partial charge on any atom is 0.320 e. The van der Waals surface area contributed by atoms with Crippen molar-refractivity contribution in [2.75, 3.05) is 26.7 Å². The summed E-state index contributed by atoms with van der Waals surface area (Å²) in [5, 5.41) is 0. The van der Waals surface area contributed by atoms with Crippen molar-refractivity contribution in [1.82, 2.24) is 9.80 Å². The van der Waals surface area contributed by atoms with E-state index in [0.717, 1.165) is 50.6 Å². The molecule has 0 N–H and O–H groups in total. The molecular formula is C37H50N2O5. The van der Waals surface area contributed by atoms with Crippen LogP contribution in [0.2, 0.25) is 0 Å². The minimum absolute atomic E-state index is 0.00505. The summed E-state index contributed by atoms with van der Waals surface area (Å²) in [4.78, 5) is 45.8. The number of ether oxygens (including phenoxy) is 2. The van der Waals surface area contributed by atoms with Crippen LogP contribution in [0.25, 0.3) is 0 Å². The van der Waals surface area contributed by atoms with E-state index in [2.05, 4.69) is 36.4 Å². The number of nitrogens with zero attached hydrogens (tertiary/aromatic N) is 2. The van der Waals surface area contributed by atoms with Crippen LogP contribution >= 0.6 is 0 Å². The van der Waals surface area contributed by atoms with Crippen molar-refractivity contribution in [2.45, 2.75) is 109 Å². The number of methoxy groups -OCH3 is 1. The second-order valence-electron chi connectivity index (χ2n) is 13.8. The Morgan fingerprint density at radius 3 is 2.45 bits per heavy atom. The Morgan fingerprint density at radius 1 is 1.02 bits per heavy atom. The number of fused-ring (bicyclic) bond motifs is 1. The van der Waals surface area contributed by atoms with Crippen LogP contribution in [0, 0.1) is 17.3 Å². The zero-order chi connectivity index (χ0) is 30.7. The van der Waals surface area contributed by atoms with Crippen molar-refractivity contribution in [1.29, 1.82) is 0 Å². The zero-order valence-electron chi connectivity index (χ0n) is 26.7. The van der Waals surface area contributed by atoms with Crippen LogP contribution in [0.15, 0.2) is 53.8 Å². The molecule has 6 rings (SSSR count). The minimum Gasteiger partial charge on any atom is -0.468 e. The van der Waals surface area contributed by atoms with Crippen molar-refractivity contribution in [3.63, 3.8) is 0 Å². The van der Waals surface area contributed by atoms with Gasteiger partial charge in [0.2, 0.25) is 11.8 Å². The number of likely N-dealkylation sites (tertiary alicyclic amines) is 2. The molecule has 0 radical (unpaired) electrons. The largest absolute Gasteiger partial charge is 0.468 e. The molecular weight excluding hydrogens is 552 g/mol. The number of hydrogen-bond donors (Lipinski definition) is 0. The zero-order valence-corrected chi connectivity index (χ0v) is 26.7. The van der Waals surface area contributed by atoms with E-state index in [9.17, 15) is 14.4 Å². The fourth-order valence-electron chi connectivity index (χ4n) is 8.69.